The predicted octanol–water partition coefficient (Wildman–Crippen LogP) is 2.00. The normalized spacial score (nSPS) is 20.1. The van der Waals surface area contributed by atoms with E-state index in [4.69, 9.17) is 4.74 Å². The van der Waals surface area contributed by atoms with Crippen molar-refractivity contribution >= 4 is 5.97 Å². The summed E-state index contributed by atoms with van der Waals surface area (Å²) in [6.45, 7) is 3.06. The molecule has 1 heterocycles. The number of rotatable bonds is 4. The SMILES string of the molecule is COC(=O)c1ccccc1CN(C)C1CCCN(C)C1. The number of piperidine rings is 1. The Hall–Kier alpha value is -1.39. The Bertz CT molecular complexity index is 462. The molecule has 20 heavy (non-hydrogen) atoms. The van der Waals surface area contributed by atoms with E-state index in [1.165, 1.54) is 26.5 Å². The maximum absolute atomic E-state index is 11.8. The molecule has 2 rings (SSSR count). The molecule has 0 aromatic heterocycles. The summed E-state index contributed by atoms with van der Waals surface area (Å²) in [5.41, 5.74) is 1.71. The fourth-order valence-electron chi connectivity index (χ4n) is 2.86. The summed E-state index contributed by atoms with van der Waals surface area (Å²) in [5.74, 6) is -0.255. The highest BCUT2D eigenvalue weighted by atomic mass is 16.5. The highest BCUT2D eigenvalue weighted by Crippen LogP contribution is 2.18. The van der Waals surface area contributed by atoms with E-state index in [9.17, 15) is 4.79 Å². The van der Waals surface area contributed by atoms with Crippen molar-refractivity contribution in [1.82, 2.24) is 9.80 Å². The first kappa shape index (κ1) is 15.0. The van der Waals surface area contributed by atoms with Crippen LogP contribution in [0, 0.1) is 0 Å². The van der Waals surface area contributed by atoms with Gasteiger partial charge in [0, 0.05) is 19.1 Å². The molecule has 4 nitrogen and oxygen atoms in total. The van der Waals surface area contributed by atoms with Crippen LogP contribution in [0.4, 0.5) is 0 Å². The van der Waals surface area contributed by atoms with E-state index in [0.29, 0.717) is 11.6 Å². The highest BCUT2D eigenvalue weighted by molar-refractivity contribution is 5.90. The molecule has 0 spiro atoms. The van der Waals surface area contributed by atoms with Crippen molar-refractivity contribution in [3.8, 4) is 0 Å². The van der Waals surface area contributed by atoms with Crippen LogP contribution in [0.5, 0.6) is 0 Å². The zero-order valence-corrected chi connectivity index (χ0v) is 12.6. The van der Waals surface area contributed by atoms with Gasteiger partial charge in [-0.15, -0.1) is 0 Å². The number of likely N-dealkylation sites (tertiary alicyclic amines) is 1. The lowest BCUT2D eigenvalue weighted by Crippen LogP contribution is -2.44. The fourth-order valence-corrected chi connectivity index (χ4v) is 2.86. The van der Waals surface area contributed by atoms with Crippen LogP contribution in [0.1, 0.15) is 28.8 Å². The summed E-state index contributed by atoms with van der Waals surface area (Å²) in [5, 5.41) is 0. The number of ether oxygens (including phenoxy) is 1. The summed E-state index contributed by atoms with van der Waals surface area (Å²) >= 11 is 0. The summed E-state index contributed by atoms with van der Waals surface area (Å²) in [4.78, 5) is 16.5. The second-order valence-corrected chi connectivity index (χ2v) is 5.62. The number of methoxy groups -OCH3 is 1. The summed E-state index contributed by atoms with van der Waals surface area (Å²) in [6, 6.07) is 8.25. The van der Waals surface area contributed by atoms with Crippen molar-refractivity contribution in [2.24, 2.45) is 0 Å². The third kappa shape index (κ3) is 3.58. The summed E-state index contributed by atoms with van der Waals surface area (Å²) < 4.78 is 4.86. The van der Waals surface area contributed by atoms with Crippen LogP contribution < -0.4 is 0 Å². The molecule has 1 aliphatic heterocycles. The molecule has 4 heteroatoms. The molecule has 0 N–H and O–H groups in total. The van der Waals surface area contributed by atoms with Crippen LogP contribution in [-0.2, 0) is 11.3 Å². The molecule has 0 bridgehead atoms. The quantitative estimate of drug-likeness (QED) is 0.788. The standard InChI is InChI=1S/C16H24N2O2/c1-17-10-6-8-14(12-17)18(2)11-13-7-4-5-9-15(13)16(19)20-3/h4-5,7,9,14H,6,8,10-12H2,1-3H3. The third-order valence-corrected chi connectivity index (χ3v) is 4.07. The Morgan fingerprint density at radius 1 is 1.45 bits per heavy atom. The maximum atomic E-state index is 11.8. The van der Waals surface area contributed by atoms with Crippen LogP contribution in [0.2, 0.25) is 0 Å². The molecular formula is C16H24N2O2. The number of carbonyl (C=O) groups is 1. The maximum Gasteiger partial charge on any atom is 0.338 e. The highest BCUT2D eigenvalue weighted by Gasteiger charge is 2.22. The molecule has 0 aliphatic carbocycles. The van der Waals surface area contributed by atoms with Gasteiger partial charge in [0.05, 0.1) is 12.7 Å². The number of benzene rings is 1. The molecule has 1 unspecified atom stereocenters. The predicted molar refractivity (Wildman–Crippen MR) is 79.8 cm³/mol. The first-order valence-electron chi connectivity index (χ1n) is 7.17. The second-order valence-electron chi connectivity index (χ2n) is 5.62. The first-order valence-corrected chi connectivity index (χ1v) is 7.17. The number of likely N-dealkylation sites (N-methyl/N-ethyl adjacent to an activating group) is 2. The van der Waals surface area contributed by atoms with Crippen LogP contribution in [-0.4, -0.2) is 56.1 Å². The number of esters is 1. The van der Waals surface area contributed by atoms with Gasteiger partial charge in [0.2, 0.25) is 0 Å². The van der Waals surface area contributed by atoms with E-state index in [1.807, 2.05) is 24.3 Å². The first-order chi connectivity index (χ1) is 9.61. The average molecular weight is 276 g/mol. The largest absolute Gasteiger partial charge is 0.465 e. The minimum atomic E-state index is -0.255. The van der Waals surface area contributed by atoms with Gasteiger partial charge in [-0.25, -0.2) is 4.79 Å². The van der Waals surface area contributed by atoms with Gasteiger partial charge in [-0.1, -0.05) is 18.2 Å². The number of hydrogen-bond donors (Lipinski definition) is 0. The average Bonchev–Trinajstić information content (AvgIpc) is 2.47. The molecule has 1 aliphatic rings. The van der Waals surface area contributed by atoms with E-state index in [2.05, 4.69) is 23.9 Å². The van der Waals surface area contributed by atoms with Gasteiger partial charge < -0.3 is 9.64 Å². The van der Waals surface area contributed by atoms with E-state index in [1.54, 1.807) is 0 Å². The van der Waals surface area contributed by atoms with E-state index in [-0.39, 0.29) is 5.97 Å². The van der Waals surface area contributed by atoms with Crippen LogP contribution in [0.3, 0.4) is 0 Å². The summed E-state index contributed by atoms with van der Waals surface area (Å²) in [6.07, 6.45) is 2.46. The zero-order chi connectivity index (χ0) is 14.5. The molecule has 1 aromatic carbocycles. The van der Waals surface area contributed by atoms with Crippen molar-refractivity contribution in [2.45, 2.75) is 25.4 Å². The van der Waals surface area contributed by atoms with Crippen molar-refractivity contribution in [1.29, 1.82) is 0 Å². The minimum absolute atomic E-state index is 0.255. The Morgan fingerprint density at radius 3 is 2.90 bits per heavy atom. The molecule has 1 fully saturated rings. The molecule has 0 amide bonds. The lowest BCUT2D eigenvalue weighted by atomic mass is 10.0. The van der Waals surface area contributed by atoms with Crippen molar-refractivity contribution in [3.05, 3.63) is 35.4 Å². The Kier molecular flexibility index (Phi) is 5.15. The van der Waals surface area contributed by atoms with Crippen molar-refractivity contribution in [2.75, 3.05) is 34.3 Å². The van der Waals surface area contributed by atoms with Crippen LogP contribution in [0.15, 0.2) is 24.3 Å². The Morgan fingerprint density at radius 2 is 2.20 bits per heavy atom. The van der Waals surface area contributed by atoms with Gasteiger partial charge in [0.1, 0.15) is 0 Å². The van der Waals surface area contributed by atoms with Gasteiger partial charge in [-0.2, -0.15) is 0 Å². The van der Waals surface area contributed by atoms with Crippen LogP contribution in [0.25, 0.3) is 0 Å². The van der Waals surface area contributed by atoms with Gasteiger partial charge in [0.25, 0.3) is 0 Å². The molecular weight excluding hydrogens is 252 g/mol. The topological polar surface area (TPSA) is 32.8 Å². The van der Waals surface area contributed by atoms with Gasteiger partial charge in [0.15, 0.2) is 0 Å². The van der Waals surface area contributed by atoms with Gasteiger partial charge in [-0.05, 0) is 45.1 Å². The fraction of sp³-hybridized carbons (Fsp3) is 0.562. The molecule has 110 valence electrons. The van der Waals surface area contributed by atoms with Crippen molar-refractivity contribution < 1.29 is 9.53 Å². The Labute approximate surface area is 121 Å². The van der Waals surface area contributed by atoms with E-state index < -0.39 is 0 Å². The van der Waals surface area contributed by atoms with E-state index in [0.717, 1.165) is 18.7 Å². The van der Waals surface area contributed by atoms with Crippen LogP contribution >= 0.6 is 0 Å². The number of nitrogens with zero attached hydrogens (tertiary/aromatic N) is 2. The molecule has 1 aromatic rings. The smallest absolute Gasteiger partial charge is 0.338 e. The monoisotopic (exact) mass is 276 g/mol. The Balaban J connectivity index is 2.07. The molecule has 1 saturated heterocycles. The lowest BCUT2D eigenvalue weighted by Gasteiger charge is -2.36. The second kappa shape index (κ2) is 6.86. The third-order valence-electron chi connectivity index (χ3n) is 4.07. The number of carbonyl (C=O) groups excluding carboxylic acids is 1. The van der Waals surface area contributed by atoms with Gasteiger partial charge >= 0.3 is 5.97 Å². The number of hydrogen-bond acceptors (Lipinski definition) is 4. The van der Waals surface area contributed by atoms with Gasteiger partial charge in [-0.3, -0.25) is 4.90 Å². The molecule has 0 saturated carbocycles. The molecule has 0 radical (unpaired) electrons. The molecule has 1 atom stereocenters. The van der Waals surface area contributed by atoms with Crippen molar-refractivity contribution in [3.63, 3.8) is 0 Å². The minimum Gasteiger partial charge on any atom is -0.465 e. The zero-order valence-electron chi connectivity index (χ0n) is 12.6. The van der Waals surface area contributed by atoms with E-state index >= 15 is 0 Å². The summed E-state index contributed by atoms with van der Waals surface area (Å²) in [7, 11) is 5.74. The lowest BCUT2D eigenvalue weighted by molar-refractivity contribution is 0.0597.